The van der Waals surface area contributed by atoms with Gasteiger partial charge in [-0.3, -0.25) is 14.5 Å². The summed E-state index contributed by atoms with van der Waals surface area (Å²) in [5.41, 5.74) is -6.63. The molecule has 0 aliphatic heterocycles. The molecular formula is C22H22N2O8. The van der Waals surface area contributed by atoms with Crippen molar-refractivity contribution in [2.75, 3.05) is 14.1 Å². The number of fused-ring (bicyclic) bond motifs is 3. The molecule has 0 radical (unpaired) electrons. The summed E-state index contributed by atoms with van der Waals surface area (Å²) in [7, 11) is 2.87. The third-order valence-corrected chi connectivity index (χ3v) is 6.90. The predicted octanol–water partition coefficient (Wildman–Crippen LogP) is -0.362. The van der Waals surface area contributed by atoms with Gasteiger partial charge >= 0.3 is 0 Å². The molecule has 0 heterocycles. The average molecular weight is 442 g/mol. The molecule has 10 heteroatoms. The van der Waals surface area contributed by atoms with Crippen molar-refractivity contribution in [3.63, 3.8) is 0 Å². The number of nitriles is 1. The maximum atomic E-state index is 13.6. The van der Waals surface area contributed by atoms with Gasteiger partial charge in [-0.1, -0.05) is 12.1 Å². The monoisotopic (exact) mass is 442 g/mol. The van der Waals surface area contributed by atoms with Crippen LogP contribution in [0.2, 0.25) is 0 Å². The molecule has 10 nitrogen and oxygen atoms in total. The summed E-state index contributed by atoms with van der Waals surface area (Å²) in [6.45, 7) is 1.27. The lowest BCUT2D eigenvalue weighted by Gasteiger charge is -2.55. The zero-order valence-corrected chi connectivity index (χ0v) is 17.4. The Morgan fingerprint density at radius 1 is 1.12 bits per heavy atom. The van der Waals surface area contributed by atoms with Crippen LogP contribution >= 0.6 is 0 Å². The molecule has 168 valence electrons. The Morgan fingerprint density at radius 3 is 2.31 bits per heavy atom. The Bertz CT molecular complexity index is 1170. The minimum absolute atomic E-state index is 0.0297. The van der Waals surface area contributed by atoms with Crippen LogP contribution in [0.5, 0.6) is 5.75 Å². The van der Waals surface area contributed by atoms with E-state index in [0.29, 0.717) is 0 Å². The number of hydrogen-bond acceptors (Lipinski definition) is 10. The van der Waals surface area contributed by atoms with E-state index in [0.717, 1.165) is 0 Å². The molecule has 1 aromatic rings. The molecule has 3 aliphatic rings. The summed E-state index contributed by atoms with van der Waals surface area (Å²) >= 11 is 0. The van der Waals surface area contributed by atoms with Crippen molar-refractivity contribution in [2.45, 2.75) is 30.3 Å². The molecule has 1 aromatic carbocycles. The van der Waals surface area contributed by atoms with Crippen LogP contribution in [0, 0.1) is 23.2 Å². The fourth-order valence-corrected chi connectivity index (χ4v) is 5.47. The second-order valence-corrected chi connectivity index (χ2v) is 8.81. The summed E-state index contributed by atoms with van der Waals surface area (Å²) in [5.74, 6) is -7.82. The molecular weight excluding hydrogens is 420 g/mol. The van der Waals surface area contributed by atoms with Crippen molar-refractivity contribution < 1.29 is 40.2 Å². The molecule has 0 aromatic heterocycles. The van der Waals surface area contributed by atoms with E-state index >= 15 is 0 Å². The van der Waals surface area contributed by atoms with Crippen LogP contribution in [0.15, 0.2) is 35.1 Å². The predicted molar refractivity (Wildman–Crippen MR) is 108 cm³/mol. The van der Waals surface area contributed by atoms with Crippen LogP contribution in [0.25, 0.3) is 5.76 Å². The smallest absolute Gasteiger partial charge is 0.202 e. The lowest BCUT2D eigenvalue weighted by molar-refractivity contribution is -0.181. The molecule has 0 bridgehead atoms. The highest BCUT2D eigenvalue weighted by atomic mass is 16.4. The highest BCUT2D eigenvalue weighted by molar-refractivity contribution is 6.15. The van der Waals surface area contributed by atoms with Crippen LogP contribution in [0.4, 0.5) is 0 Å². The van der Waals surface area contributed by atoms with Crippen molar-refractivity contribution in [1.82, 2.24) is 4.90 Å². The standard InChI is InChI=1S/C22H22N2O8/c1-21(31)9-5-4-6-10(25)11(9)17(27)12-13(21)18(28)14-15(24(2)3)16(26)8(7-23)19(29)22(14,32)20(12)30/h4-6,13-15,18,25,27-29,31-32H,1-3H3/t13-,14-,15+,18+,21-,22-/m1/s1. The number of carbonyl (C=O) groups excluding carboxylic acids is 2. The first-order chi connectivity index (χ1) is 14.8. The van der Waals surface area contributed by atoms with Gasteiger partial charge in [0.25, 0.3) is 0 Å². The maximum Gasteiger partial charge on any atom is 0.202 e. The van der Waals surface area contributed by atoms with Crippen molar-refractivity contribution >= 4 is 17.3 Å². The summed E-state index contributed by atoms with van der Waals surface area (Å²) in [4.78, 5) is 27.8. The molecule has 0 unspecified atom stereocenters. The molecule has 0 amide bonds. The third-order valence-electron chi connectivity index (χ3n) is 6.90. The number of likely N-dealkylation sites (N-methyl/N-ethyl adjacent to an activating group) is 1. The summed E-state index contributed by atoms with van der Waals surface area (Å²) in [6, 6.07) is 4.14. The number of benzene rings is 1. The number of phenolic OH excluding ortho intramolecular Hbond substituents is 1. The maximum absolute atomic E-state index is 13.6. The van der Waals surface area contributed by atoms with Gasteiger partial charge in [-0.15, -0.1) is 0 Å². The second-order valence-electron chi connectivity index (χ2n) is 8.81. The highest BCUT2D eigenvalue weighted by Gasteiger charge is 2.69. The van der Waals surface area contributed by atoms with Crippen molar-refractivity contribution in [1.29, 1.82) is 5.26 Å². The van der Waals surface area contributed by atoms with Gasteiger partial charge in [-0.05, 0) is 32.6 Å². The number of aliphatic hydroxyl groups is 5. The number of Topliss-reactive ketones (excluding diaryl/α,β-unsaturated/α-hetero) is 2. The van der Waals surface area contributed by atoms with Crippen LogP contribution < -0.4 is 0 Å². The van der Waals surface area contributed by atoms with Gasteiger partial charge in [-0.2, -0.15) is 5.26 Å². The van der Waals surface area contributed by atoms with E-state index in [9.17, 15) is 45.5 Å². The average Bonchev–Trinajstić information content (AvgIpc) is 2.71. The van der Waals surface area contributed by atoms with Crippen molar-refractivity contribution in [3.8, 4) is 11.8 Å². The number of aliphatic hydroxyl groups excluding tert-OH is 3. The molecule has 32 heavy (non-hydrogen) atoms. The number of nitrogens with zero attached hydrogens (tertiary/aromatic N) is 2. The Labute approximate surface area is 182 Å². The summed E-state index contributed by atoms with van der Waals surface area (Å²) in [5, 5.41) is 75.5. The minimum atomic E-state index is -2.93. The van der Waals surface area contributed by atoms with E-state index < -0.39 is 75.2 Å². The number of rotatable bonds is 1. The zero-order valence-electron chi connectivity index (χ0n) is 17.4. The van der Waals surface area contributed by atoms with Crippen LogP contribution in [-0.2, 0) is 15.2 Å². The summed E-state index contributed by atoms with van der Waals surface area (Å²) in [6.07, 6.45) is -1.82. The fourth-order valence-electron chi connectivity index (χ4n) is 5.47. The normalized spacial score (nSPS) is 36.6. The van der Waals surface area contributed by atoms with E-state index in [1.54, 1.807) is 0 Å². The Morgan fingerprint density at radius 2 is 1.75 bits per heavy atom. The van der Waals surface area contributed by atoms with Crippen LogP contribution in [0.3, 0.4) is 0 Å². The molecule has 0 spiro atoms. The van der Waals surface area contributed by atoms with E-state index in [4.69, 9.17) is 0 Å². The SMILES string of the molecule is CN(C)[C@@H]1C(=O)C(C#N)=C(O)[C@@]2(O)C(=O)C3=C(O)c4c(O)cccc4[C@@](C)(O)[C@H]3[C@H](O)[C@@H]12. The molecule has 4 rings (SSSR count). The van der Waals surface area contributed by atoms with Gasteiger partial charge in [0.15, 0.2) is 17.1 Å². The largest absolute Gasteiger partial charge is 0.507 e. The lowest BCUT2D eigenvalue weighted by Crippen LogP contribution is -2.71. The van der Waals surface area contributed by atoms with Crippen molar-refractivity contribution in [2.24, 2.45) is 11.8 Å². The first-order valence-corrected chi connectivity index (χ1v) is 9.81. The quantitative estimate of drug-likeness (QED) is 0.336. The fraction of sp³-hybridized carbons (Fsp3) is 0.409. The van der Waals surface area contributed by atoms with Gasteiger partial charge in [0.2, 0.25) is 5.78 Å². The first kappa shape index (κ1) is 22.0. The van der Waals surface area contributed by atoms with Crippen LogP contribution in [0.1, 0.15) is 18.1 Å². The molecule has 1 saturated carbocycles. The number of phenols is 1. The first-order valence-electron chi connectivity index (χ1n) is 9.81. The lowest BCUT2D eigenvalue weighted by atomic mass is 9.53. The third kappa shape index (κ3) is 2.36. The van der Waals surface area contributed by atoms with Gasteiger partial charge in [0, 0.05) is 0 Å². The van der Waals surface area contributed by atoms with Gasteiger partial charge in [0.05, 0.1) is 40.7 Å². The Hall–Kier alpha value is -3.23. The van der Waals surface area contributed by atoms with E-state index in [1.807, 2.05) is 0 Å². The topological polar surface area (TPSA) is 183 Å². The zero-order chi connectivity index (χ0) is 23.9. The molecule has 6 N–H and O–H groups in total. The van der Waals surface area contributed by atoms with E-state index in [2.05, 4.69) is 0 Å². The number of aromatic hydroxyl groups is 1. The van der Waals surface area contributed by atoms with Gasteiger partial charge in [0.1, 0.15) is 23.2 Å². The number of hydrogen-bond donors (Lipinski definition) is 6. The molecule has 6 atom stereocenters. The second kappa shape index (κ2) is 6.63. The van der Waals surface area contributed by atoms with Gasteiger partial charge < -0.3 is 30.6 Å². The van der Waals surface area contributed by atoms with E-state index in [1.165, 1.54) is 50.2 Å². The molecule has 0 saturated heterocycles. The highest BCUT2D eigenvalue weighted by Crippen LogP contribution is 2.57. The molecule has 3 aliphatic carbocycles. The van der Waals surface area contributed by atoms with Crippen LogP contribution in [-0.4, -0.2) is 78.9 Å². The molecule has 1 fully saturated rings. The van der Waals surface area contributed by atoms with Crippen molar-refractivity contribution in [3.05, 3.63) is 46.2 Å². The Kier molecular flexibility index (Phi) is 4.56. The summed E-state index contributed by atoms with van der Waals surface area (Å²) < 4.78 is 0. The number of ketones is 2. The van der Waals surface area contributed by atoms with E-state index in [-0.39, 0.29) is 11.1 Å². The Balaban J connectivity index is 2.10. The minimum Gasteiger partial charge on any atom is -0.507 e. The van der Waals surface area contributed by atoms with Gasteiger partial charge in [-0.25, -0.2) is 0 Å². The number of carbonyl (C=O) groups is 2.